The van der Waals surface area contributed by atoms with E-state index in [1.165, 1.54) is 6.20 Å². The third kappa shape index (κ3) is 1.88. The number of H-pyrrole nitrogens is 1. The molecule has 0 spiro atoms. The first-order chi connectivity index (χ1) is 7.68. The van der Waals surface area contributed by atoms with Crippen LogP contribution in [0.1, 0.15) is 16.2 Å². The average Bonchev–Trinajstić information content (AvgIpc) is 2.84. The molecule has 0 aliphatic rings. The predicted octanol–water partition coefficient (Wildman–Crippen LogP) is -0.345. The largest absolute Gasteiger partial charge is 0.396 e. The fourth-order valence-electron chi connectivity index (χ4n) is 1.31. The van der Waals surface area contributed by atoms with Gasteiger partial charge in [0.15, 0.2) is 0 Å². The van der Waals surface area contributed by atoms with Gasteiger partial charge in [-0.15, -0.1) is 0 Å². The predicted molar refractivity (Wildman–Crippen MR) is 57.4 cm³/mol. The van der Waals surface area contributed by atoms with Crippen molar-refractivity contribution in [2.45, 2.75) is 6.54 Å². The molecule has 4 N–H and O–H groups in total. The maximum atomic E-state index is 11.6. The second kappa shape index (κ2) is 4.05. The number of hydrogen-bond acceptors (Lipinski definition) is 4. The van der Waals surface area contributed by atoms with Crippen molar-refractivity contribution in [1.82, 2.24) is 25.3 Å². The Balaban J connectivity index is 1.99. The van der Waals surface area contributed by atoms with Gasteiger partial charge < -0.3 is 11.1 Å². The van der Waals surface area contributed by atoms with E-state index >= 15 is 0 Å². The fourth-order valence-corrected chi connectivity index (χ4v) is 1.31. The monoisotopic (exact) mass is 220 g/mol. The molecule has 0 bridgehead atoms. The van der Waals surface area contributed by atoms with E-state index in [0.29, 0.717) is 12.2 Å². The molecule has 84 valence electrons. The molecular weight excluding hydrogens is 208 g/mol. The summed E-state index contributed by atoms with van der Waals surface area (Å²) in [4.78, 5) is 11.6. The zero-order valence-electron chi connectivity index (χ0n) is 8.77. The van der Waals surface area contributed by atoms with Crippen molar-refractivity contribution in [3.05, 3.63) is 29.8 Å². The molecule has 2 aromatic heterocycles. The van der Waals surface area contributed by atoms with E-state index in [-0.39, 0.29) is 11.6 Å². The van der Waals surface area contributed by atoms with Crippen LogP contribution in [-0.4, -0.2) is 25.9 Å². The van der Waals surface area contributed by atoms with Gasteiger partial charge >= 0.3 is 0 Å². The van der Waals surface area contributed by atoms with Crippen LogP contribution in [0, 0.1) is 0 Å². The Labute approximate surface area is 91.6 Å². The van der Waals surface area contributed by atoms with Crippen LogP contribution in [0.5, 0.6) is 0 Å². The summed E-state index contributed by atoms with van der Waals surface area (Å²) >= 11 is 0. The molecule has 0 aromatic carbocycles. The number of carbonyl (C=O) groups is 1. The highest BCUT2D eigenvalue weighted by atomic mass is 16.1. The molecule has 7 heteroatoms. The Morgan fingerprint density at radius 2 is 2.50 bits per heavy atom. The van der Waals surface area contributed by atoms with Crippen LogP contribution in [0.25, 0.3) is 0 Å². The minimum absolute atomic E-state index is 0.280. The second-order valence-electron chi connectivity index (χ2n) is 3.33. The van der Waals surface area contributed by atoms with Crippen molar-refractivity contribution in [1.29, 1.82) is 0 Å². The number of amides is 1. The van der Waals surface area contributed by atoms with Crippen molar-refractivity contribution in [2.75, 3.05) is 5.73 Å². The highest BCUT2D eigenvalue weighted by Crippen LogP contribution is 2.05. The summed E-state index contributed by atoms with van der Waals surface area (Å²) < 4.78 is 1.69. The van der Waals surface area contributed by atoms with Gasteiger partial charge in [-0.2, -0.15) is 10.2 Å². The van der Waals surface area contributed by atoms with Gasteiger partial charge in [0.2, 0.25) is 0 Å². The minimum atomic E-state index is -0.281. The number of aromatic nitrogens is 4. The van der Waals surface area contributed by atoms with Crippen LogP contribution >= 0.6 is 0 Å². The Kier molecular flexibility index (Phi) is 2.59. The number of nitrogens with one attached hydrogen (secondary N) is 2. The Morgan fingerprint density at radius 1 is 1.69 bits per heavy atom. The number of nitrogen functional groups attached to an aromatic ring is 1. The first-order valence-electron chi connectivity index (χ1n) is 4.72. The molecule has 0 aliphatic heterocycles. The van der Waals surface area contributed by atoms with Crippen LogP contribution in [-0.2, 0) is 13.6 Å². The van der Waals surface area contributed by atoms with E-state index in [0.717, 1.165) is 5.69 Å². The standard InChI is InChI=1S/C9H12N6O/c1-15-6(2-3-13-15)4-11-9(16)8-7(10)5-12-14-8/h2-3,5H,4,10H2,1H3,(H,11,16)(H,12,14). The number of anilines is 1. The van der Waals surface area contributed by atoms with E-state index in [9.17, 15) is 4.79 Å². The van der Waals surface area contributed by atoms with Crippen LogP contribution in [0.4, 0.5) is 5.69 Å². The number of aryl methyl sites for hydroxylation is 1. The first kappa shape index (κ1) is 10.2. The van der Waals surface area contributed by atoms with Crippen molar-refractivity contribution in [2.24, 2.45) is 7.05 Å². The lowest BCUT2D eigenvalue weighted by Gasteiger charge is -2.04. The highest BCUT2D eigenvalue weighted by Gasteiger charge is 2.11. The zero-order chi connectivity index (χ0) is 11.5. The van der Waals surface area contributed by atoms with Crippen molar-refractivity contribution < 1.29 is 4.79 Å². The topological polar surface area (TPSA) is 102 Å². The molecule has 0 fully saturated rings. The maximum absolute atomic E-state index is 11.6. The summed E-state index contributed by atoms with van der Waals surface area (Å²) in [5, 5.41) is 12.9. The van der Waals surface area contributed by atoms with Crippen LogP contribution in [0.3, 0.4) is 0 Å². The third-order valence-electron chi connectivity index (χ3n) is 2.25. The third-order valence-corrected chi connectivity index (χ3v) is 2.25. The summed E-state index contributed by atoms with van der Waals surface area (Å²) in [7, 11) is 1.81. The number of hydrogen-bond donors (Lipinski definition) is 3. The summed E-state index contributed by atoms with van der Waals surface area (Å²) in [5.41, 5.74) is 7.07. The molecule has 16 heavy (non-hydrogen) atoms. The molecule has 0 radical (unpaired) electrons. The molecule has 2 heterocycles. The summed E-state index contributed by atoms with van der Waals surface area (Å²) in [5.74, 6) is -0.281. The molecule has 7 nitrogen and oxygen atoms in total. The van der Waals surface area contributed by atoms with E-state index in [1.807, 2.05) is 13.1 Å². The van der Waals surface area contributed by atoms with Gasteiger partial charge in [-0.3, -0.25) is 14.6 Å². The normalized spacial score (nSPS) is 10.3. The number of aromatic amines is 1. The number of carbonyl (C=O) groups excluding carboxylic acids is 1. The van der Waals surface area contributed by atoms with Crippen molar-refractivity contribution in [3.8, 4) is 0 Å². The molecule has 0 unspecified atom stereocenters. The van der Waals surface area contributed by atoms with Gasteiger partial charge in [0.05, 0.1) is 24.1 Å². The summed E-state index contributed by atoms with van der Waals surface area (Å²) in [6.07, 6.45) is 3.07. The highest BCUT2D eigenvalue weighted by molar-refractivity contribution is 5.96. The maximum Gasteiger partial charge on any atom is 0.271 e. The quantitative estimate of drug-likeness (QED) is 0.658. The van der Waals surface area contributed by atoms with E-state index in [4.69, 9.17) is 5.73 Å². The fraction of sp³-hybridized carbons (Fsp3) is 0.222. The van der Waals surface area contributed by atoms with Gasteiger partial charge in [-0.1, -0.05) is 0 Å². The Morgan fingerprint density at radius 3 is 3.06 bits per heavy atom. The molecule has 0 saturated carbocycles. The van der Waals surface area contributed by atoms with Crippen molar-refractivity contribution >= 4 is 11.6 Å². The second-order valence-corrected chi connectivity index (χ2v) is 3.33. The summed E-state index contributed by atoms with van der Waals surface area (Å²) in [6.45, 7) is 0.397. The van der Waals surface area contributed by atoms with Gasteiger partial charge in [0, 0.05) is 13.2 Å². The molecule has 2 aromatic rings. The molecule has 1 amide bonds. The Bertz CT molecular complexity index is 500. The van der Waals surface area contributed by atoms with Crippen LogP contribution in [0.2, 0.25) is 0 Å². The average molecular weight is 220 g/mol. The van der Waals surface area contributed by atoms with Gasteiger partial charge in [0.25, 0.3) is 5.91 Å². The minimum Gasteiger partial charge on any atom is -0.396 e. The van der Waals surface area contributed by atoms with Crippen molar-refractivity contribution in [3.63, 3.8) is 0 Å². The van der Waals surface area contributed by atoms with Gasteiger partial charge in [-0.25, -0.2) is 0 Å². The summed E-state index contributed by atoms with van der Waals surface area (Å²) in [6, 6.07) is 1.83. The zero-order valence-corrected chi connectivity index (χ0v) is 8.77. The molecule has 0 atom stereocenters. The van der Waals surface area contributed by atoms with Gasteiger partial charge in [-0.05, 0) is 6.07 Å². The van der Waals surface area contributed by atoms with E-state index < -0.39 is 0 Å². The van der Waals surface area contributed by atoms with Crippen LogP contribution in [0.15, 0.2) is 18.5 Å². The lowest BCUT2D eigenvalue weighted by molar-refractivity contribution is 0.0946. The molecule has 0 aliphatic carbocycles. The number of rotatable bonds is 3. The smallest absolute Gasteiger partial charge is 0.271 e. The van der Waals surface area contributed by atoms with E-state index in [2.05, 4.69) is 20.6 Å². The number of nitrogens with two attached hydrogens (primary N) is 1. The number of nitrogens with zero attached hydrogens (tertiary/aromatic N) is 3. The lowest BCUT2D eigenvalue weighted by atomic mass is 10.3. The first-order valence-corrected chi connectivity index (χ1v) is 4.72. The van der Waals surface area contributed by atoms with E-state index in [1.54, 1.807) is 10.9 Å². The lowest BCUT2D eigenvalue weighted by Crippen LogP contribution is -2.25. The van der Waals surface area contributed by atoms with Crippen LogP contribution < -0.4 is 11.1 Å². The van der Waals surface area contributed by atoms with Gasteiger partial charge in [0.1, 0.15) is 5.69 Å². The molecule has 2 rings (SSSR count). The molecular formula is C9H12N6O. The Hall–Kier alpha value is -2.31. The molecule has 0 saturated heterocycles. The SMILES string of the molecule is Cn1nccc1CNC(=O)c1[nH]ncc1N.